The molecule has 0 saturated carbocycles. The number of carbonyl (C=O) groups excluding carboxylic acids is 1. The molecule has 0 aromatic heterocycles. The van der Waals surface area contributed by atoms with Gasteiger partial charge in [-0.15, -0.1) is 0 Å². The molecule has 1 amide bonds. The van der Waals surface area contributed by atoms with Crippen LogP contribution in [-0.4, -0.2) is 33.5 Å². The zero-order chi connectivity index (χ0) is 17.5. The Bertz CT molecular complexity index is 734. The molecule has 6 nitrogen and oxygen atoms in total. The van der Waals surface area contributed by atoms with Crippen LogP contribution in [0.15, 0.2) is 41.5 Å². The number of rotatable bonds is 6. The van der Waals surface area contributed by atoms with Gasteiger partial charge < -0.3 is 14.2 Å². The fraction of sp³-hybridized carbons (Fsp3) is 0.222. The fourth-order valence-electron chi connectivity index (χ4n) is 2.09. The Morgan fingerprint density at radius 2 is 1.67 bits per heavy atom. The van der Waals surface area contributed by atoms with Crippen LogP contribution in [0.2, 0.25) is 0 Å². The summed E-state index contributed by atoms with van der Waals surface area (Å²) in [6.07, 6.45) is 1.55. The predicted molar refractivity (Wildman–Crippen MR) is 92.3 cm³/mol. The van der Waals surface area contributed by atoms with Gasteiger partial charge in [-0.3, -0.25) is 4.79 Å². The van der Waals surface area contributed by atoms with E-state index in [-0.39, 0.29) is 5.91 Å². The smallest absolute Gasteiger partial charge is 0.271 e. The summed E-state index contributed by atoms with van der Waals surface area (Å²) in [5.74, 6) is 1.48. The van der Waals surface area contributed by atoms with Crippen molar-refractivity contribution in [2.24, 2.45) is 5.10 Å². The van der Waals surface area contributed by atoms with E-state index in [1.54, 1.807) is 31.5 Å². The van der Waals surface area contributed by atoms with Gasteiger partial charge in [0, 0.05) is 11.6 Å². The first-order chi connectivity index (χ1) is 11.6. The number of hydrazone groups is 1. The fourth-order valence-corrected chi connectivity index (χ4v) is 2.09. The number of methoxy groups -OCH3 is 3. The quantitative estimate of drug-likeness (QED) is 0.654. The van der Waals surface area contributed by atoms with Gasteiger partial charge in [0.25, 0.3) is 5.91 Å². The van der Waals surface area contributed by atoms with Crippen molar-refractivity contribution in [3.63, 3.8) is 0 Å². The molecule has 126 valence electrons. The van der Waals surface area contributed by atoms with Gasteiger partial charge in [0.2, 0.25) is 0 Å². The molecule has 0 fully saturated rings. The lowest BCUT2D eigenvalue weighted by molar-refractivity contribution is 0.0954. The molecule has 0 aliphatic carbocycles. The number of ether oxygens (including phenoxy) is 3. The standard InChI is InChI=1S/C18H20N2O4/c1-12-5-6-13(7-17(12)24-4)11-19-20-18(21)14-8-15(22-2)10-16(9-14)23-3/h5-11H,1-4H3,(H,20,21)/b19-11-. The van der Waals surface area contributed by atoms with Gasteiger partial charge >= 0.3 is 0 Å². The van der Waals surface area contributed by atoms with Crippen LogP contribution >= 0.6 is 0 Å². The van der Waals surface area contributed by atoms with Crippen LogP contribution in [0.4, 0.5) is 0 Å². The van der Waals surface area contributed by atoms with Crippen molar-refractivity contribution in [2.45, 2.75) is 6.92 Å². The highest BCUT2D eigenvalue weighted by Crippen LogP contribution is 2.22. The molecule has 24 heavy (non-hydrogen) atoms. The lowest BCUT2D eigenvalue weighted by Gasteiger charge is -2.07. The highest BCUT2D eigenvalue weighted by atomic mass is 16.5. The van der Waals surface area contributed by atoms with E-state index in [1.165, 1.54) is 14.2 Å². The Balaban J connectivity index is 2.10. The average Bonchev–Trinajstić information content (AvgIpc) is 2.62. The van der Waals surface area contributed by atoms with Crippen molar-refractivity contribution < 1.29 is 19.0 Å². The second-order valence-electron chi connectivity index (χ2n) is 5.03. The minimum Gasteiger partial charge on any atom is -0.497 e. The topological polar surface area (TPSA) is 69.2 Å². The van der Waals surface area contributed by atoms with E-state index in [4.69, 9.17) is 14.2 Å². The molecule has 2 aromatic rings. The third-order valence-electron chi connectivity index (χ3n) is 3.43. The molecule has 6 heteroatoms. The summed E-state index contributed by atoms with van der Waals surface area (Å²) >= 11 is 0. The lowest BCUT2D eigenvalue weighted by Crippen LogP contribution is -2.17. The molecule has 1 N–H and O–H groups in total. The molecule has 0 radical (unpaired) electrons. The van der Waals surface area contributed by atoms with E-state index in [0.717, 1.165) is 16.9 Å². The number of carbonyl (C=O) groups is 1. The van der Waals surface area contributed by atoms with Gasteiger partial charge in [0.1, 0.15) is 17.2 Å². The van der Waals surface area contributed by atoms with Gasteiger partial charge in [-0.25, -0.2) is 5.43 Å². The zero-order valence-corrected chi connectivity index (χ0v) is 14.1. The third-order valence-corrected chi connectivity index (χ3v) is 3.43. The number of nitrogens with one attached hydrogen (secondary N) is 1. The van der Waals surface area contributed by atoms with Gasteiger partial charge in [-0.05, 0) is 36.2 Å². The maximum absolute atomic E-state index is 12.2. The first kappa shape index (κ1) is 17.3. The minimum atomic E-state index is -0.359. The number of hydrogen-bond donors (Lipinski definition) is 1. The molecule has 0 bridgehead atoms. The Morgan fingerprint density at radius 1 is 1.00 bits per heavy atom. The van der Waals surface area contributed by atoms with Crippen LogP contribution in [0.3, 0.4) is 0 Å². The maximum atomic E-state index is 12.2. The van der Waals surface area contributed by atoms with E-state index in [9.17, 15) is 4.79 Å². The van der Waals surface area contributed by atoms with Crippen LogP contribution in [0.5, 0.6) is 17.2 Å². The lowest BCUT2D eigenvalue weighted by atomic mass is 10.1. The van der Waals surface area contributed by atoms with Crippen molar-refractivity contribution in [2.75, 3.05) is 21.3 Å². The van der Waals surface area contributed by atoms with Gasteiger partial charge in [-0.1, -0.05) is 12.1 Å². The summed E-state index contributed by atoms with van der Waals surface area (Å²) in [5.41, 5.74) is 4.72. The largest absolute Gasteiger partial charge is 0.497 e. The highest BCUT2D eigenvalue weighted by Gasteiger charge is 2.09. The van der Waals surface area contributed by atoms with E-state index >= 15 is 0 Å². The van der Waals surface area contributed by atoms with Crippen LogP contribution in [0, 0.1) is 6.92 Å². The summed E-state index contributed by atoms with van der Waals surface area (Å²) in [7, 11) is 4.67. The SMILES string of the molecule is COc1cc(OC)cc(C(=O)N/N=C\c2ccc(C)c(OC)c2)c1. The number of amides is 1. The molecule has 0 aliphatic rings. The van der Waals surface area contributed by atoms with Crippen LogP contribution < -0.4 is 19.6 Å². The van der Waals surface area contributed by atoms with Crippen LogP contribution in [0.25, 0.3) is 0 Å². The number of nitrogens with zero attached hydrogens (tertiary/aromatic N) is 1. The molecule has 0 unspecified atom stereocenters. The molecular formula is C18H20N2O4. The van der Waals surface area contributed by atoms with Gasteiger partial charge in [0.05, 0.1) is 27.5 Å². The third kappa shape index (κ3) is 4.25. The molecule has 0 atom stereocenters. The first-order valence-corrected chi connectivity index (χ1v) is 7.28. The van der Waals surface area contributed by atoms with Crippen molar-refractivity contribution in [3.8, 4) is 17.2 Å². The second kappa shape index (κ2) is 8.01. The van der Waals surface area contributed by atoms with Crippen molar-refractivity contribution in [3.05, 3.63) is 53.1 Å². The summed E-state index contributed by atoms with van der Waals surface area (Å²) in [6.45, 7) is 1.96. The first-order valence-electron chi connectivity index (χ1n) is 7.28. The van der Waals surface area contributed by atoms with Crippen molar-refractivity contribution >= 4 is 12.1 Å². The zero-order valence-electron chi connectivity index (χ0n) is 14.1. The Hall–Kier alpha value is -3.02. The summed E-state index contributed by atoms with van der Waals surface area (Å²) < 4.78 is 15.5. The van der Waals surface area contributed by atoms with E-state index in [2.05, 4.69) is 10.5 Å². The predicted octanol–water partition coefficient (Wildman–Crippen LogP) is 2.78. The Labute approximate surface area is 141 Å². The summed E-state index contributed by atoms with van der Waals surface area (Å²) in [4.78, 5) is 12.2. The molecular weight excluding hydrogens is 308 g/mol. The Morgan fingerprint density at radius 3 is 2.25 bits per heavy atom. The normalized spacial score (nSPS) is 10.5. The molecule has 0 spiro atoms. The van der Waals surface area contributed by atoms with Crippen LogP contribution in [0.1, 0.15) is 21.5 Å². The van der Waals surface area contributed by atoms with Crippen molar-refractivity contribution in [1.29, 1.82) is 0 Å². The molecule has 0 aliphatic heterocycles. The minimum absolute atomic E-state index is 0.359. The highest BCUT2D eigenvalue weighted by molar-refractivity contribution is 5.95. The number of aryl methyl sites for hydroxylation is 1. The molecule has 2 rings (SSSR count). The van der Waals surface area contributed by atoms with Crippen LogP contribution in [-0.2, 0) is 0 Å². The second-order valence-corrected chi connectivity index (χ2v) is 5.03. The molecule has 2 aromatic carbocycles. The van der Waals surface area contributed by atoms with E-state index < -0.39 is 0 Å². The summed E-state index contributed by atoms with van der Waals surface area (Å²) in [6, 6.07) is 10.6. The summed E-state index contributed by atoms with van der Waals surface area (Å²) in [5, 5.41) is 3.97. The van der Waals surface area contributed by atoms with Crippen molar-refractivity contribution in [1.82, 2.24) is 5.43 Å². The molecule has 0 heterocycles. The maximum Gasteiger partial charge on any atom is 0.271 e. The number of hydrogen-bond acceptors (Lipinski definition) is 5. The van der Waals surface area contributed by atoms with Gasteiger partial charge in [-0.2, -0.15) is 5.10 Å². The Kier molecular flexibility index (Phi) is 5.78. The van der Waals surface area contributed by atoms with E-state index in [0.29, 0.717) is 17.1 Å². The van der Waals surface area contributed by atoms with E-state index in [1.807, 2.05) is 25.1 Å². The number of benzene rings is 2. The molecule has 0 saturated heterocycles. The van der Waals surface area contributed by atoms with Gasteiger partial charge in [0.15, 0.2) is 0 Å². The average molecular weight is 328 g/mol. The monoisotopic (exact) mass is 328 g/mol.